The fraction of sp³-hybridized carbons (Fsp3) is 0.909. The normalized spacial score (nSPS) is 55.0. The number of nitriles is 1. The summed E-state index contributed by atoms with van der Waals surface area (Å²) in [5, 5.41) is 19.8. The third-order valence-electron chi connectivity index (χ3n) is 9.38. The van der Waals surface area contributed by atoms with Crippen LogP contribution in [0.3, 0.4) is 0 Å². The van der Waals surface area contributed by atoms with Crippen molar-refractivity contribution in [1.82, 2.24) is 0 Å². The molecule has 3 heteroatoms. The van der Waals surface area contributed by atoms with Gasteiger partial charge in [-0.3, -0.25) is 4.79 Å². The van der Waals surface area contributed by atoms with E-state index in [4.69, 9.17) is 0 Å². The second kappa shape index (κ2) is 5.81. The Morgan fingerprint density at radius 2 is 1.92 bits per heavy atom. The fourth-order valence-corrected chi connectivity index (χ4v) is 8.13. The molecule has 0 aromatic rings. The monoisotopic (exact) mass is 343 g/mol. The Bertz CT molecular complexity index is 610. The summed E-state index contributed by atoms with van der Waals surface area (Å²) in [7, 11) is 0. The molecule has 0 radical (unpaired) electrons. The minimum absolute atomic E-state index is 0.0699. The Kier molecular flexibility index (Phi) is 4.07. The van der Waals surface area contributed by atoms with Crippen molar-refractivity contribution in [2.75, 3.05) is 0 Å². The van der Waals surface area contributed by atoms with Crippen LogP contribution in [0.4, 0.5) is 0 Å². The van der Waals surface area contributed by atoms with Crippen LogP contribution in [0.15, 0.2) is 0 Å². The summed E-state index contributed by atoms with van der Waals surface area (Å²) in [5.74, 6) is 3.27. The highest BCUT2D eigenvalue weighted by molar-refractivity contribution is 5.84. The van der Waals surface area contributed by atoms with Gasteiger partial charge in [0, 0.05) is 12.3 Å². The SMILES string of the molecule is CC[C@H]1[C@H](C#N)C[C@H]2[C@@H]3CCC4CC(O)C(=O)C[C@]4(C)[C@H]3CC[C@@]21C. The van der Waals surface area contributed by atoms with Gasteiger partial charge in [0.25, 0.3) is 0 Å². The summed E-state index contributed by atoms with van der Waals surface area (Å²) in [6, 6.07) is 2.63. The van der Waals surface area contributed by atoms with Gasteiger partial charge in [-0.25, -0.2) is 0 Å². The smallest absolute Gasteiger partial charge is 0.161 e. The number of aliphatic hydroxyl groups is 1. The first kappa shape index (κ1) is 17.5. The molecule has 0 amide bonds. The van der Waals surface area contributed by atoms with Crippen LogP contribution in [-0.2, 0) is 4.79 Å². The van der Waals surface area contributed by atoms with Gasteiger partial charge in [-0.1, -0.05) is 27.2 Å². The van der Waals surface area contributed by atoms with Crippen LogP contribution in [0.25, 0.3) is 0 Å². The van der Waals surface area contributed by atoms with Gasteiger partial charge >= 0.3 is 0 Å². The van der Waals surface area contributed by atoms with Crippen molar-refractivity contribution in [1.29, 1.82) is 5.26 Å². The van der Waals surface area contributed by atoms with Crippen molar-refractivity contribution in [2.45, 2.75) is 78.2 Å². The van der Waals surface area contributed by atoms with E-state index in [-0.39, 0.29) is 17.1 Å². The summed E-state index contributed by atoms with van der Waals surface area (Å²) in [4.78, 5) is 12.3. The number of carbonyl (C=O) groups is 1. The Hall–Kier alpha value is -0.880. The van der Waals surface area contributed by atoms with Crippen LogP contribution in [-0.4, -0.2) is 17.0 Å². The van der Waals surface area contributed by atoms with Gasteiger partial charge in [-0.2, -0.15) is 5.26 Å². The molecule has 0 aliphatic heterocycles. The molecule has 0 aromatic heterocycles. The van der Waals surface area contributed by atoms with E-state index in [1.165, 1.54) is 19.3 Å². The first-order valence-corrected chi connectivity index (χ1v) is 10.5. The molecule has 4 rings (SSSR count). The van der Waals surface area contributed by atoms with Crippen molar-refractivity contribution in [3.8, 4) is 6.07 Å². The lowest BCUT2D eigenvalue weighted by molar-refractivity contribution is -0.155. The predicted molar refractivity (Wildman–Crippen MR) is 96.4 cm³/mol. The summed E-state index contributed by atoms with van der Waals surface area (Å²) in [5.41, 5.74) is 0.394. The second-order valence-corrected chi connectivity index (χ2v) is 10.1. The molecule has 4 saturated carbocycles. The number of carbonyl (C=O) groups excluding carboxylic acids is 1. The van der Waals surface area contributed by atoms with Gasteiger partial charge in [-0.15, -0.1) is 0 Å². The number of rotatable bonds is 1. The van der Waals surface area contributed by atoms with E-state index >= 15 is 0 Å². The summed E-state index contributed by atoms with van der Waals surface area (Å²) < 4.78 is 0. The quantitative estimate of drug-likeness (QED) is 0.770. The highest BCUT2D eigenvalue weighted by Gasteiger charge is 2.62. The first-order valence-electron chi connectivity index (χ1n) is 10.5. The number of Topliss-reactive ketones (excluding diaryl/α,β-unsaturated/α-hetero) is 1. The molecule has 0 aromatic carbocycles. The third-order valence-corrected chi connectivity index (χ3v) is 9.38. The van der Waals surface area contributed by atoms with Crippen LogP contribution in [0.2, 0.25) is 0 Å². The second-order valence-electron chi connectivity index (χ2n) is 10.1. The van der Waals surface area contributed by atoms with E-state index in [0.29, 0.717) is 47.8 Å². The number of ketones is 1. The van der Waals surface area contributed by atoms with Gasteiger partial charge < -0.3 is 5.11 Å². The lowest BCUT2D eigenvalue weighted by Crippen LogP contribution is -2.55. The van der Waals surface area contributed by atoms with E-state index in [1.807, 2.05) is 0 Å². The number of fused-ring (bicyclic) bond motifs is 5. The molecule has 4 fully saturated rings. The molecular weight excluding hydrogens is 310 g/mol. The van der Waals surface area contributed by atoms with Gasteiger partial charge in [0.1, 0.15) is 6.10 Å². The Morgan fingerprint density at radius 3 is 2.60 bits per heavy atom. The lowest BCUT2D eigenvalue weighted by atomic mass is 9.44. The molecule has 3 nitrogen and oxygen atoms in total. The molecule has 4 aliphatic carbocycles. The van der Waals surface area contributed by atoms with E-state index in [0.717, 1.165) is 19.3 Å². The molecule has 0 saturated heterocycles. The van der Waals surface area contributed by atoms with Crippen LogP contribution in [0, 0.1) is 57.7 Å². The zero-order chi connectivity index (χ0) is 18.0. The van der Waals surface area contributed by atoms with E-state index in [9.17, 15) is 15.2 Å². The van der Waals surface area contributed by atoms with Crippen LogP contribution < -0.4 is 0 Å². The summed E-state index contributed by atoms with van der Waals surface area (Å²) >= 11 is 0. The minimum Gasteiger partial charge on any atom is -0.385 e. The zero-order valence-electron chi connectivity index (χ0n) is 16.0. The number of hydrogen-bond donors (Lipinski definition) is 1. The van der Waals surface area contributed by atoms with E-state index in [2.05, 4.69) is 26.8 Å². The lowest BCUT2D eigenvalue weighted by Gasteiger charge is -2.60. The fourth-order valence-electron chi connectivity index (χ4n) is 8.13. The number of aliphatic hydroxyl groups excluding tert-OH is 1. The zero-order valence-corrected chi connectivity index (χ0v) is 16.0. The average Bonchev–Trinajstić information content (AvgIpc) is 2.88. The minimum atomic E-state index is -0.720. The molecule has 0 bridgehead atoms. The third kappa shape index (κ3) is 2.29. The van der Waals surface area contributed by atoms with Crippen molar-refractivity contribution < 1.29 is 9.90 Å². The number of nitrogens with zero attached hydrogens (tertiary/aromatic N) is 1. The molecule has 2 unspecified atom stereocenters. The van der Waals surface area contributed by atoms with Gasteiger partial charge in [0.2, 0.25) is 0 Å². The maximum atomic E-state index is 12.3. The maximum absolute atomic E-state index is 12.3. The molecule has 9 atom stereocenters. The molecule has 1 N–H and O–H groups in total. The van der Waals surface area contributed by atoms with Crippen LogP contribution in [0.1, 0.15) is 72.1 Å². The Balaban J connectivity index is 1.65. The van der Waals surface area contributed by atoms with Crippen molar-refractivity contribution in [2.24, 2.45) is 46.3 Å². The topological polar surface area (TPSA) is 61.1 Å². The summed E-state index contributed by atoms with van der Waals surface area (Å²) in [6.07, 6.45) is 7.54. The highest BCUT2D eigenvalue weighted by atomic mass is 16.3. The van der Waals surface area contributed by atoms with E-state index in [1.54, 1.807) is 0 Å². The molecule has 25 heavy (non-hydrogen) atoms. The Morgan fingerprint density at radius 1 is 1.16 bits per heavy atom. The van der Waals surface area contributed by atoms with E-state index < -0.39 is 6.10 Å². The van der Waals surface area contributed by atoms with Gasteiger partial charge in [-0.05, 0) is 78.9 Å². The Labute approximate surface area is 152 Å². The largest absolute Gasteiger partial charge is 0.385 e. The summed E-state index contributed by atoms with van der Waals surface area (Å²) in [6.45, 7) is 7.06. The molecule has 0 spiro atoms. The van der Waals surface area contributed by atoms with Crippen molar-refractivity contribution in [3.05, 3.63) is 0 Å². The predicted octanol–water partition coefficient (Wildman–Crippen LogP) is 4.34. The van der Waals surface area contributed by atoms with Gasteiger partial charge in [0.15, 0.2) is 5.78 Å². The highest BCUT2D eigenvalue weighted by Crippen LogP contribution is 2.68. The maximum Gasteiger partial charge on any atom is 0.161 e. The molecular formula is C22H33NO2. The first-order chi connectivity index (χ1) is 11.8. The van der Waals surface area contributed by atoms with Gasteiger partial charge in [0.05, 0.1) is 6.07 Å². The molecule has 4 aliphatic rings. The standard InChI is InChI=1S/C22H33NO2/c1-4-16-13(12-23)9-18-15-6-5-14-10-19(24)20(25)11-22(14,3)17(15)7-8-21(16,18)2/h13-19,24H,4-11H2,1-3H3/t13-,14?,15+,16-,17-,18-,19?,21+,22-/m0/s1. The van der Waals surface area contributed by atoms with Crippen molar-refractivity contribution >= 4 is 5.78 Å². The van der Waals surface area contributed by atoms with Crippen LogP contribution in [0.5, 0.6) is 0 Å². The molecule has 0 heterocycles. The number of hydrogen-bond acceptors (Lipinski definition) is 3. The average molecular weight is 344 g/mol. The van der Waals surface area contributed by atoms with Crippen LogP contribution >= 0.6 is 0 Å². The van der Waals surface area contributed by atoms with Crippen molar-refractivity contribution in [3.63, 3.8) is 0 Å². The molecule has 138 valence electrons.